The van der Waals surface area contributed by atoms with Crippen LogP contribution in [-0.2, 0) is 6.54 Å². The van der Waals surface area contributed by atoms with Crippen molar-refractivity contribution in [2.75, 3.05) is 5.32 Å². The van der Waals surface area contributed by atoms with Gasteiger partial charge in [0.15, 0.2) is 0 Å². The number of benzene rings is 1. The minimum Gasteiger partial charge on any atom is -0.351 e. The fourth-order valence-corrected chi connectivity index (χ4v) is 2.88. The van der Waals surface area contributed by atoms with E-state index in [0.717, 1.165) is 24.1 Å². The molecule has 1 heterocycles. The first-order valence-corrected chi connectivity index (χ1v) is 8.25. The summed E-state index contributed by atoms with van der Waals surface area (Å²) in [5.41, 5.74) is 1.92. The van der Waals surface area contributed by atoms with Crippen molar-refractivity contribution in [1.29, 1.82) is 0 Å². The van der Waals surface area contributed by atoms with Crippen LogP contribution in [0.1, 0.15) is 47.4 Å². The summed E-state index contributed by atoms with van der Waals surface area (Å²) in [6.07, 6.45) is 4.66. The van der Waals surface area contributed by atoms with E-state index in [4.69, 9.17) is 0 Å². The fraction of sp³-hybridized carbons (Fsp3) is 0.389. The maximum Gasteiger partial charge on any atom is 0.270 e. The van der Waals surface area contributed by atoms with Gasteiger partial charge < -0.3 is 10.6 Å². The van der Waals surface area contributed by atoms with Crippen LogP contribution in [-0.4, -0.2) is 21.9 Å². The third kappa shape index (κ3) is 4.28. The van der Waals surface area contributed by atoms with Gasteiger partial charge in [0.05, 0.1) is 0 Å². The Kier molecular flexibility index (Phi) is 5.03. The van der Waals surface area contributed by atoms with Crippen molar-refractivity contribution in [1.82, 2.24) is 15.3 Å². The lowest BCUT2D eigenvalue weighted by Crippen LogP contribution is -2.25. The monoisotopic (exact) mass is 328 g/mol. The maximum absolute atomic E-state index is 12.9. The normalized spacial score (nSPS) is 14.6. The highest BCUT2D eigenvalue weighted by Gasteiger charge is 2.17. The first kappa shape index (κ1) is 16.4. The van der Waals surface area contributed by atoms with Crippen LogP contribution in [0.25, 0.3) is 0 Å². The number of hydrogen-bond donors (Lipinski definition) is 2. The van der Waals surface area contributed by atoms with Crippen LogP contribution in [0.15, 0.2) is 30.3 Å². The first-order chi connectivity index (χ1) is 11.6. The molecule has 24 heavy (non-hydrogen) atoms. The lowest BCUT2D eigenvalue weighted by atomic mass is 10.2. The number of carbonyl (C=O) groups excluding carboxylic acids is 1. The van der Waals surface area contributed by atoms with Gasteiger partial charge in [0, 0.05) is 18.3 Å². The van der Waals surface area contributed by atoms with Crippen LogP contribution in [0, 0.1) is 12.7 Å². The van der Waals surface area contributed by atoms with Crippen molar-refractivity contribution in [2.24, 2.45) is 0 Å². The van der Waals surface area contributed by atoms with Gasteiger partial charge in [-0.1, -0.05) is 25.0 Å². The Morgan fingerprint density at radius 3 is 2.62 bits per heavy atom. The molecule has 1 aromatic heterocycles. The Bertz CT molecular complexity index is 711. The Morgan fingerprint density at radius 2 is 1.92 bits per heavy atom. The molecule has 2 aromatic rings. The highest BCUT2D eigenvalue weighted by atomic mass is 19.1. The number of hydrogen-bond acceptors (Lipinski definition) is 4. The van der Waals surface area contributed by atoms with E-state index < -0.39 is 0 Å². The molecule has 6 heteroatoms. The summed E-state index contributed by atoms with van der Waals surface area (Å²) in [6.45, 7) is 2.17. The molecular formula is C18H21FN4O. The van der Waals surface area contributed by atoms with Gasteiger partial charge in [-0.3, -0.25) is 4.79 Å². The Balaban J connectivity index is 1.65. The van der Waals surface area contributed by atoms with Crippen molar-refractivity contribution in [2.45, 2.75) is 45.2 Å². The van der Waals surface area contributed by atoms with E-state index in [9.17, 15) is 9.18 Å². The second-order valence-electron chi connectivity index (χ2n) is 6.15. The summed E-state index contributed by atoms with van der Waals surface area (Å²) in [5.74, 6) is -0.0488. The van der Waals surface area contributed by atoms with Crippen molar-refractivity contribution < 1.29 is 9.18 Å². The number of aryl methyl sites for hydroxylation is 1. The van der Waals surface area contributed by atoms with Gasteiger partial charge in [0.25, 0.3) is 5.91 Å². The van der Waals surface area contributed by atoms with Gasteiger partial charge >= 0.3 is 0 Å². The number of amides is 1. The number of rotatable bonds is 5. The van der Waals surface area contributed by atoms with E-state index >= 15 is 0 Å². The van der Waals surface area contributed by atoms with E-state index in [1.54, 1.807) is 18.2 Å². The summed E-state index contributed by atoms with van der Waals surface area (Å²) in [6, 6.07) is 8.10. The van der Waals surface area contributed by atoms with Crippen LogP contribution in [0.3, 0.4) is 0 Å². The number of nitrogens with one attached hydrogen (secondary N) is 2. The fourth-order valence-electron chi connectivity index (χ4n) is 2.88. The second-order valence-corrected chi connectivity index (χ2v) is 6.15. The Hall–Kier alpha value is -2.50. The predicted octanol–water partition coefficient (Wildman–Crippen LogP) is 3.21. The van der Waals surface area contributed by atoms with Gasteiger partial charge in [0.1, 0.15) is 11.5 Å². The molecule has 0 spiro atoms. The molecule has 1 amide bonds. The third-order valence-corrected chi connectivity index (χ3v) is 4.14. The standard InChI is InChI=1S/C18H21FN4O/c1-12-10-16(23-18(21-12)22-15-4-2-3-5-15)17(24)20-11-13-6-8-14(19)9-7-13/h6-10,15H,2-5,11H2,1H3,(H,20,24)(H,21,22,23). The predicted molar refractivity (Wildman–Crippen MR) is 90.2 cm³/mol. The molecule has 2 N–H and O–H groups in total. The lowest BCUT2D eigenvalue weighted by Gasteiger charge is -2.13. The van der Waals surface area contributed by atoms with E-state index in [2.05, 4.69) is 20.6 Å². The molecule has 0 saturated heterocycles. The number of anilines is 1. The highest BCUT2D eigenvalue weighted by molar-refractivity contribution is 5.92. The summed E-state index contributed by atoms with van der Waals surface area (Å²) < 4.78 is 12.9. The largest absolute Gasteiger partial charge is 0.351 e. The molecule has 0 unspecified atom stereocenters. The van der Waals surface area contributed by atoms with Gasteiger partial charge in [-0.2, -0.15) is 0 Å². The number of halogens is 1. The minimum atomic E-state index is -0.292. The molecule has 1 saturated carbocycles. The van der Waals surface area contributed by atoms with Crippen LogP contribution in [0.4, 0.5) is 10.3 Å². The van der Waals surface area contributed by atoms with Crippen LogP contribution < -0.4 is 10.6 Å². The molecule has 0 aliphatic heterocycles. The molecule has 1 aromatic carbocycles. The maximum atomic E-state index is 12.9. The smallest absolute Gasteiger partial charge is 0.270 e. The number of carbonyl (C=O) groups is 1. The average Bonchev–Trinajstić information content (AvgIpc) is 3.06. The zero-order valence-electron chi connectivity index (χ0n) is 13.7. The Morgan fingerprint density at radius 1 is 1.21 bits per heavy atom. The van der Waals surface area contributed by atoms with Crippen LogP contribution in [0.2, 0.25) is 0 Å². The first-order valence-electron chi connectivity index (χ1n) is 8.25. The second kappa shape index (κ2) is 7.38. The van der Waals surface area contributed by atoms with Gasteiger partial charge in [-0.05, 0) is 43.5 Å². The molecule has 1 fully saturated rings. The molecule has 0 atom stereocenters. The van der Waals surface area contributed by atoms with Crippen LogP contribution >= 0.6 is 0 Å². The average molecular weight is 328 g/mol. The van der Waals surface area contributed by atoms with E-state index in [-0.39, 0.29) is 11.7 Å². The summed E-state index contributed by atoms with van der Waals surface area (Å²) >= 11 is 0. The SMILES string of the molecule is Cc1cc(C(=O)NCc2ccc(F)cc2)nc(NC2CCCC2)n1. The van der Waals surface area contributed by atoms with E-state index in [0.29, 0.717) is 24.2 Å². The van der Waals surface area contributed by atoms with E-state index in [1.807, 2.05) is 6.92 Å². The molecule has 5 nitrogen and oxygen atoms in total. The van der Waals surface area contributed by atoms with Gasteiger partial charge in [-0.25, -0.2) is 14.4 Å². The minimum absolute atomic E-state index is 0.265. The number of nitrogens with zero attached hydrogens (tertiary/aromatic N) is 2. The Labute approximate surface area is 140 Å². The quantitative estimate of drug-likeness (QED) is 0.884. The zero-order valence-corrected chi connectivity index (χ0v) is 13.7. The lowest BCUT2D eigenvalue weighted by molar-refractivity contribution is 0.0945. The summed E-state index contributed by atoms with van der Waals surface area (Å²) in [7, 11) is 0. The molecule has 3 rings (SSSR count). The third-order valence-electron chi connectivity index (χ3n) is 4.14. The van der Waals surface area contributed by atoms with Crippen molar-refractivity contribution in [3.05, 3.63) is 53.1 Å². The van der Waals surface area contributed by atoms with Gasteiger partial charge in [0.2, 0.25) is 5.95 Å². The highest BCUT2D eigenvalue weighted by Crippen LogP contribution is 2.21. The van der Waals surface area contributed by atoms with Crippen molar-refractivity contribution in [3.63, 3.8) is 0 Å². The molecular weight excluding hydrogens is 307 g/mol. The molecule has 0 radical (unpaired) electrons. The molecule has 126 valence electrons. The van der Waals surface area contributed by atoms with E-state index in [1.165, 1.54) is 25.0 Å². The zero-order chi connectivity index (χ0) is 16.9. The molecule has 0 bridgehead atoms. The van der Waals surface area contributed by atoms with Crippen molar-refractivity contribution in [3.8, 4) is 0 Å². The summed E-state index contributed by atoms with van der Waals surface area (Å²) in [4.78, 5) is 21.0. The van der Waals surface area contributed by atoms with Crippen LogP contribution in [0.5, 0.6) is 0 Å². The van der Waals surface area contributed by atoms with Gasteiger partial charge in [-0.15, -0.1) is 0 Å². The molecule has 1 aliphatic rings. The number of aromatic nitrogens is 2. The molecule has 1 aliphatic carbocycles. The topological polar surface area (TPSA) is 66.9 Å². The summed E-state index contributed by atoms with van der Waals surface area (Å²) in [5, 5.41) is 6.12. The van der Waals surface area contributed by atoms with Crippen molar-refractivity contribution >= 4 is 11.9 Å².